The summed E-state index contributed by atoms with van der Waals surface area (Å²) in [5, 5.41) is 6.00. The Balaban J connectivity index is 2.65. The van der Waals surface area contributed by atoms with Crippen molar-refractivity contribution >= 4 is 17.5 Å². The van der Waals surface area contributed by atoms with Crippen molar-refractivity contribution in [1.82, 2.24) is 15.3 Å². The molecular formula is C13H24N6O. The second-order valence-corrected chi connectivity index (χ2v) is 4.86. The summed E-state index contributed by atoms with van der Waals surface area (Å²) >= 11 is 0. The highest BCUT2D eigenvalue weighted by atomic mass is 16.1. The maximum absolute atomic E-state index is 11.6. The van der Waals surface area contributed by atoms with Crippen LogP contribution in [0, 0.1) is 6.92 Å². The average molecular weight is 280 g/mol. The van der Waals surface area contributed by atoms with Crippen molar-refractivity contribution in [3.05, 3.63) is 11.4 Å². The minimum atomic E-state index is 0.0205. The van der Waals surface area contributed by atoms with E-state index in [4.69, 9.17) is 5.84 Å². The van der Waals surface area contributed by atoms with Crippen molar-refractivity contribution in [2.45, 2.75) is 46.6 Å². The Kier molecular flexibility index (Phi) is 6.17. The van der Waals surface area contributed by atoms with Crippen LogP contribution < -0.4 is 21.9 Å². The molecule has 0 saturated carbocycles. The van der Waals surface area contributed by atoms with Crippen LogP contribution in [0.5, 0.6) is 0 Å². The molecule has 0 unspecified atom stereocenters. The number of hydrazine groups is 1. The van der Waals surface area contributed by atoms with Crippen LogP contribution in [0.15, 0.2) is 0 Å². The minimum absolute atomic E-state index is 0.0205. The summed E-state index contributed by atoms with van der Waals surface area (Å²) in [5.41, 5.74) is 3.41. The molecule has 0 fully saturated rings. The predicted molar refractivity (Wildman–Crippen MR) is 80.3 cm³/mol. The van der Waals surface area contributed by atoms with E-state index in [-0.39, 0.29) is 11.9 Å². The fourth-order valence-electron chi connectivity index (χ4n) is 1.72. The van der Waals surface area contributed by atoms with Crippen molar-refractivity contribution < 1.29 is 4.79 Å². The molecule has 0 aliphatic rings. The first-order valence-electron chi connectivity index (χ1n) is 6.85. The number of nitrogens with zero attached hydrogens (tertiary/aromatic N) is 2. The number of amides is 1. The van der Waals surface area contributed by atoms with Crippen LogP contribution in [-0.2, 0) is 11.2 Å². The number of nitrogen functional groups attached to an aromatic ring is 1. The number of aryl methyl sites for hydroxylation is 1. The van der Waals surface area contributed by atoms with Gasteiger partial charge in [0.2, 0.25) is 5.91 Å². The summed E-state index contributed by atoms with van der Waals surface area (Å²) in [6.07, 6.45) is 1.12. The van der Waals surface area contributed by atoms with Gasteiger partial charge in [0.05, 0.1) is 0 Å². The van der Waals surface area contributed by atoms with Gasteiger partial charge >= 0.3 is 0 Å². The van der Waals surface area contributed by atoms with Crippen LogP contribution in [0.2, 0.25) is 0 Å². The number of hydrogen-bond acceptors (Lipinski definition) is 6. The summed E-state index contributed by atoms with van der Waals surface area (Å²) in [5.74, 6) is 7.48. The summed E-state index contributed by atoms with van der Waals surface area (Å²) in [7, 11) is 0. The fourth-order valence-corrected chi connectivity index (χ4v) is 1.72. The second-order valence-electron chi connectivity index (χ2n) is 4.86. The Bertz CT molecular complexity index is 460. The van der Waals surface area contributed by atoms with E-state index < -0.39 is 0 Å². The molecule has 1 rings (SSSR count). The molecule has 0 aromatic carbocycles. The van der Waals surface area contributed by atoms with Crippen molar-refractivity contribution in [1.29, 1.82) is 0 Å². The number of nitrogens with one attached hydrogen (secondary N) is 3. The minimum Gasteiger partial charge on any atom is -0.369 e. The largest absolute Gasteiger partial charge is 0.369 e. The molecule has 1 heterocycles. The van der Waals surface area contributed by atoms with Crippen molar-refractivity contribution in [3.63, 3.8) is 0 Å². The zero-order valence-corrected chi connectivity index (χ0v) is 12.6. The number of hydrogen-bond donors (Lipinski definition) is 4. The second kappa shape index (κ2) is 7.64. The van der Waals surface area contributed by atoms with Crippen molar-refractivity contribution in [2.75, 3.05) is 17.3 Å². The van der Waals surface area contributed by atoms with Crippen LogP contribution in [0.4, 0.5) is 11.6 Å². The maximum Gasteiger partial charge on any atom is 0.221 e. The van der Waals surface area contributed by atoms with Gasteiger partial charge in [0.25, 0.3) is 0 Å². The number of anilines is 2. The molecule has 5 N–H and O–H groups in total. The average Bonchev–Trinajstić information content (AvgIpc) is 2.39. The van der Waals surface area contributed by atoms with Crippen LogP contribution >= 0.6 is 0 Å². The summed E-state index contributed by atoms with van der Waals surface area (Å²) in [6, 6.07) is 0.156. The highest BCUT2D eigenvalue weighted by Crippen LogP contribution is 2.19. The van der Waals surface area contributed by atoms with E-state index in [0.717, 1.165) is 12.0 Å². The van der Waals surface area contributed by atoms with Crippen LogP contribution in [0.3, 0.4) is 0 Å². The molecule has 0 bridgehead atoms. The van der Waals surface area contributed by atoms with E-state index in [2.05, 4.69) is 26.0 Å². The number of nitrogens with two attached hydrogens (primary N) is 1. The smallest absolute Gasteiger partial charge is 0.221 e. The number of carbonyl (C=O) groups excluding carboxylic acids is 1. The molecule has 0 radical (unpaired) electrons. The first-order valence-corrected chi connectivity index (χ1v) is 6.85. The predicted octanol–water partition coefficient (Wildman–Crippen LogP) is 0.960. The number of carbonyl (C=O) groups is 1. The lowest BCUT2D eigenvalue weighted by Crippen LogP contribution is -2.31. The molecule has 0 atom stereocenters. The zero-order valence-electron chi connectivity index (χ0n) is 12.6. The quantitative estimate of drug-likeness (QED) is 0.438. The lowest BCUT2D eigenvalue weighted by molar-refractivity contribution is -0.121. The molecule has 1 aromatic heterocycles. The third kappa shape index (κ3) is 4.65. The normalized spacial score (nSPS) is 10.5. The van der Waals surface area contributed by atoms with Gasteiger partial charge in [-0.15, -0.1) is 0 Å². The van der Waals surface area contributed by atoms with Gasteiger partial charge in [0.15, 0.2) is 0 Å². The fraction of sp³-hybridized carbons (Fsp3) is 0.615. The van der Waals surface area contributed by atoms with Crippen molar-refractivity contribution in [2.24, 2.45) is 5.84 Å². The topological polar surface area (TPSA) is 105 Å². The van der Waals surface area contributed by atoms with E-state index >= 15 is 0 Å². The molecule has 1 amide bonds. The highest BCUT2D eigenvalue weighted by molar-refractivity contribution is 5.76. The first kappa shape index (κ1) is 16.2. The SMILES string of the molecule is CCc1nc(NN)c(C)c(NCCC(=O)NC(C)C)n1. The van der Waals surface area contributed by atoms with E-state index in [1.165, 1.54) is 0 Å². The molecule has 0 aliphatic heterocycles. The summed E-state index contributed by atoms with van der Waals surface area (Å²) < 4.78 is 0. The molecule has 7 nitrogen and oxygen atoms in total. The van der Waals surface area contributed by atoms with Gasteiger partial charge in [-0.25, -0.2) is 15.8 Å². The van der Waals surface area contributed by atoms with Gasteiger partial charge in [-0.3, -0.25) is 4.79 Å². The molecule has 112 valence electrons. The number of rotatable bonds is 7. The Morgan fingerprint density at radius 3 is 2.50 bits per heavy atom. The molecule has 0 aliphatic carbocycles. The van der Waals surface area contributed by atoms with E-state index in [1.54, 1.807) is 0 Å². The molecular weight excluding hydrogens is 256 g/mol. The van der Waals surface area contributed by atoms with Gasteiger partial charge < -0.3 is 16.1 Å². The Morgan fingerprint density at radius 2 is 1.95 bits per heavy atom. The van der Waals surface area contributed by atoms with Gasteiger partial charge in [0.1, 0.15) is 17.5 Å². The maximum atomic E-state index is 11.6. The van der Waals surface area contributed by atoms with Crippen LogP contribution in [0.1, 0.15) is 38.6 Å². The summed E-state index contributed by atoms with van der Waals surface area (Å²) in [6.45, 7) is 8.25. The third-order valence-corrected chi connectivity index (χ3v) is 2.74. The molecule has 7 heteroatoms. The number of aromatic nitrogens is 2. The van der Waals surface area contributed by atoms with E-state index in [9.17, 15) is 4.79 Å². The Labute approximate surface area is 119 Å². The van der Waals surface area contributed by atoms with Gasteiger partial charge in [0, 0.05) is 31.0 Å². The lowest BCUT2D eigenvalue weighted by atomic mass is 10.2. The molecule has 1 aromatic rings. The van der Waals surface area contributed by atoms with E-state index in [1.807, 2.05) is 27.7 Å². The lowest BCUT2D eigenvalue weighted by Gasteiger charge is -2.13. The van der Waals surface area contributed by atoms with Gasteiger partial charge in [-0.05, 0) is 20.8 Å². The van der Waals surface area contributed by atoms with E-state index in [0.29, 0.717) is 30.4 Å². The molecule has 0 saturated heterocycles. The first-order chi connectivity index (χ1) is 9.47. The Morgan fingerprint density at radius 1 is 1.30 bits per heavy atom. The van der Waals surface area contributed by atoms with Crippen molar-refractivity contribution in [3.8, 4) is 0 Å². The molecule has 0 spiro atoms. The highest BCUT2D eigenvalue weighted by Gasteiger charge is 2.10. The summed E-state index contributed by atoms with van der Waals surface area (Å²) in [4.78, 5) is 20.3. The van der Waals surface area contributed by atoms with Crippen LogP contribution in [0.25, 0.3) is 0 Å². The zero-order chi connectivity index (χ0) is 15.1. The standard InChI is InChI=1S/C13H24N6O/c1-5-10-17-12(9(4)13(18-10)19-14)15-7-6-11(20)16-8(2)3/h8H,5-7,14H2,1-4H3,(H,16,20)(H2,15,17,18,19). The van der Waals surface area contributed by atoms with Gasteiger partial charge in [-0.2, -0.15) is 0 Å². The van der Waals surface area contributed by atoms with Crippen LogP contribution in [-0.4, -0.2) is 28.5 Å². The third-order valence-electron chi connectivity index (χ3n) is 2.74. The molecule has 20 heavy (non-hydrogen) atoms. The monoisotopic (exact) mass is 280 g/mol. The van der Waals surface area contributed by atoms with Gasteiger partial charge in [-0.1, -0.05) is 6.92 Å². The Hall–Kier alpha value is -1.89.